The van der Waals surface area contributed by atoms with Crippen molar-refractivity contribution in [2.45, 2.75) is 12.2 Å². The molecule has 0 radical (unpaired) electrons. The van der Waals surface area contributed by atoms with E-state index in [4.69, 9.17) is 5.11 Å². The second-order valence-electron chi connectivity index (χ2n) is 2.39. The Balaban J connectivity index is 4.94. The number of sulfone groups is 1. The molecule has 1 unspecified atom stereocenters. The van der Waals surface area contributed by atoms with Gasteiger partial charge in [-0.2, -0.15) is 0 Å². The highest BCUT2D eigenvalue weighted by Crippen LogP contribution is 2.08. The number of rotatable bonds is 3. The zero-order valence-electron chi connectivity index (χ0n) is 6.36. The molecule has 0 aromatic rings. The van der Waals surface area contributed by atoms with Crippen LogP contribution in [0.5, 0.6) is 0 Å². The Morgan fingerprint density at radius 1 is 1.55 bits per heavy atom. The first-order chi connectivity index (χ1) is 4.76. The van der Waals surface area contributed by atoms with Crippen LogP contribution in [-0.4, -0.2) is 31.0 Å². The van der Waals surface area contributed by atoms with Crippen molar-refractivity contribution in [2.24, 2.45) is 0 Å². The molecule has 1 atom stereocenters. The van der Waals surface area contributed by atoms with Crippen molar-refractivity contribution in [1.82, 2.24) is 0 Å². The fourth-order valence-corrected chi connectivity index (χ4v) is 1.86. The lowest BCUT2D eigenvalue weighted by molar-refractivity contribution is -0.135. The van der Waals surface area contributed by atoms with Crippen molar-refractivity contribution in [1.29, 1.82) is 0 Å². The molecular weight excluding hydrogens is 168 g/mol. The lowest BCUT2D eigenvalue weighted by Crippen LogP contribution is -2.29. The van der Waals surface area contributed by atoms with E-state index < -0.39 is 21.1 Å². The summed E-state index contributed by atoms with van der Waals surface area (Å²) in [4.78, 5) is 10.3. The van der Waals surface area contributed by atoms with E-state index in [1.165, 1.54) is 6.92 Å². The van der Waals surface area contributed by atoms with Crippen LogP contribution in [0.2, 0.25) is 0 Å². The van der Waals surface area contributed by atoms with E-state index in [-0.39, 0.29) is 5.57 Å². The Kier molecular flexibility index (Phi) is 2.81. The van der Waals surface area contributed by atoms with Crippen LogP contribution in [-0.2, 0) is 14.6 Å². The highest BCUT2D eigenvalue weighted by molar-refractivity contribution is 7.92. The predicted molar refractivity (Wildman–Crippen MR) is 41.1 cm³/mol. The van der Waals surface area contributed by atoms with E-state index in [1.54, 1.807) is 0 Å². The molecule has 0 spiro atoms. The average Bonchev–Trinajstić information content (AvgIpc) is 1.54. The summed E-state index contributed by atoms with van der Waals surface area (Å²) in [6.07, 6.45) is 0.875. The topological polar surface area (TPSA) is 71.4 Å². The summed E-state index contributed by atoms with van der Waals surface area (Å²) in [5.74, 6) is -1.38. The van der Waals surface area contributed by atoms with Crippen molar-refractivity contribution in [3.8, 4) is 0 Å². The molecule has 0 saturated heterocycles. The predicted octanol–water partition coefficient (Wildman–Crippen LogP) is 0.0603. The Morgan fingerprint density at radius 2 is 1.91 bits per heavy atom. The van der Waals surface area contributed by atoms with Gasteiger partial charge in [0.2, 0.25) is 0 Å². The third kappa shape index (κ3) is 2.71. The van der Waals surface area contributed by atoms with Crippen LogP contribution in [0.3, 0.4) is 0 Å². The summed E-state index contributed by atoms with van der Waals surface area (Å²) in [6.45, 7) is 4.66. The van der Waals surface area contributed by atoms with Gasteiger partial charge in [-0.25, -0.2) is 8.42 Å². The van der Waals surface area contributed by atoms with Gasteiger partial charge in [0, 0.05) is 6.26 Å². The highest BCUT2D eigenvalue weighted by Gasteiger charge is 2.28. The van der Waals surface area contributed by atoms with Crippen LogP contribution in [0.1, 0.15) is 6.92 Å². The lowest BCUT2D eigenvalue weighted by atomic mass is 10.2. The van der Waals surface area contributed by atoms with Gasteiger partial charge in [-0.1, -0.05) is 12.2 Å². The third-order valence-electron chi connectivity index (χ3n) is 1.10. The standard InChI is InChI=1S/C6H10O4S/c1-4(2)5(6(7)8)11(3,9)10/h5H,1H2,2-3H3,(H,7,8). The number of carboxylic acids is 1. The zero-order chi connectivity index (χ0) is 9.23. The van der Waals surface area contributed by atoms with E-state index in [0.717, 1.165) is 6.26 Å². The van der Waals surface area contributed by atoms with Crippen LogP contribution >= 0.6 is 0 Å². The summed E-state index contributed by atoms with van der Waals surface area (Å²) < 4.78 is 21.5. The van der Waals surface area contributed by atoms with Crippen molar-refractivity contribution in [2.75, 3.05) is 6.26 Å². The SMILES string of the molecule is C=C(C)C(C(=O)O)S(C)(=O)=O. The molecule has 0 saturated carbocycles. The Morgan fingerprint density at radius 3 is 1.91 bits per heavy atom. The molecule has 5 heteroatoms. The lowest BCUT2D eigenvalue weighted by Gasteiger charge is -2.08. The summed E-state index contributed by atoms with van der Waals surface area (Å²) in [5, 5.41) is 6.97. The van der Waals surface area contributed by atoms with Crippen LogP contribution in [0.15, 0.2) is 12.2 Å². The molecule has 0 fully saturated rings. The van der Waals surface area contributed by atoms with Crippen molar-refractivity contribution < 1.29 is 18.3 Å². The van der Waals surface area contributed by atoms with Crippen LogP contribution in [0.4, 0.5) is 0 Å². The molecule has 1 N–H and O–H groups in total. The van der Waals surface area contributed by atoms with Gasteiger partial charge >= 0.3 is 5.97 Å². The molecule has 4 nitrogen and oxygen atoms in total. The van der Waals surface area contributed by atoms with Gasteiger partial charge in [-0.15, -0.1) is 0 Å². The molecule has 0 aliphatic carbocycles. The molecule has 0 aromatic carbocycles. The fourth-order valence-electron chi connectivity index (χ4n) is 0.759. The van der Waals surface area contributed by atoms with Crippen LogP contribution < -0.4 is 0 Å². The first-order valence-electron chi connectivity index (χ1n) is 2.84. The number of hydrogen-bond donors (Lipinski definition) is 1. The maximum Gasteiger partial charge on any atom is 0.326 e. The number of aliphatic carboxylic acids is 1. The van der Waals surface area contributed by atoms with E-state index in [9.17, 15) is 13.2 Å². The summed E-state index contributed by atoms with van der Waals surface area (Å²) in [7, 11) is -3.56. The normalized spacial score (nSPS) is 14.0. The minimum absolute atomic E-state index is 0.125. The number of carbonyl (C=O) groups is 1. The number of hydrogen-bond acceptors (Lipinski definition) is 3. The van der Waals surface area contributed by atoms with Crippen molar-refractivity contribution in [3.05, 3.63) is 12.2 Å². The molecule has 64 valence electrons. The Hall–Kier alpha value is -0.840. The largest absolute Gasteiger partial charge is 0.480 e. The van der Waals surface area contributed by atoms with Gasteiger partial charge in [0.15, 0.2) is 15.1 Å². The maximum absolute atomic E-state index is 10.8. The molecule has 0 aliphatic heterocycles. The Labute approximate surface area is 65.5 Å². The van der Waals surface area contributed by atoms with Gasteiger partial charge in [0.05, 0.1) is 0 Å². The molecule has 11 heavy (non-hydrogen) atoms. The van der Waals surface area contributed by atoms with Crippen LogP contribution in [0.25, 0.3) is 0 Å². The molecule has 0 rings (SSSR count). The Bertz CT molecular complexity index is 261. The smallest absolute Gasteiger partial charge is 0.326 e. The summed E-state index contributed by atoms with van der Waals surface area (Å²) >= 11 is 0. The van der Waals surface area contributed by atoms with Gasteiger partial charge in [-0.05, 0) is 6.92 Å². The van der Waals surface area contributed by atoms with Gasteiger partial charge in [-0.3, -0.25) is 4.79 Å². The second-order valence-corrected chi connectivity index (χ2v) is 4.52. The van der Waals surface area contributed by atoms with Crippen molar-refractivity contribution >= 4 is 15.8 Å². The van der Waals surface area contributed by atoms with Gasteiger partial charge in [0.1, 0.15) is 0 Å². The third-order valence-corrected chi connectivity index (χ3v) is 2.56. The maximum atomic E-state index is 10.8. The minimum Gasteiger partial charge on any atom is -0.480 e. The van der Waals surface area contributed by atoms with Gasteiger partial charge < -0.3 is 5.11 Å². The van der Waals surface area contributed by atoms with E-state index >= 15 is 0 Å². The molecule has 0 aromatic heterocycles. The molecular formula is C6H10O4S. The summed E-state index contributed by atoms with van der Waals surface area (Å²) in [6, 6.07) is 0. The molecule has 0 aliphatic rings. The van der Waals surface area contributed by atoms with Crippen LogP contribution in [0, 0.1) is 0 Å². The molecule has 0 heterocycles. The zero-order valence-corrected chi connectivity index (χ0v) is 7.18. The van der Waals surface area contributed by atoms with E-state index in [1.807, 2.05) is 0 Å². The second kappa shape index (κ2) is 3.04. The van der Waals surface area contributed by atoms with E-state index in [0.29, 0.717) is 0 Å². The molecule has 0 amide bonds. The highest BCUT2D eigenvalue weighted by atomic mass is 32.2. The number of carboxylic acid groups (broad SMARTS) is 1. The average molecular weight is 178 g/mol. The first-order valence-corrected chi connectivity index (χ1v) is 4.79. The monoisotopic (exact) mass is 178 g/mol. The van der Waals surface area contributed by atoms with Crippen molar-refractivity contribution in [3.63, 3.8) is 0 Å². The summed E-state index contributed by atoms with van der Waals surface area (Å²) in [5.41, 5.74) is 0.125. The minimum atomic E-state index is -3.56. The van der Waals surface area contributed by atoms with E-state index in [2.05, 4.69) is 6.58 Å². The quantitative estimate of drug-likeness (QED) is 0.620. The first kappa shape index (κ1) is 10.2. The van der Waals surface area contributed by atoms with Gasteiger partial charge in [0.25, 0.3) is 0 Å². The molecule has 0 bridgehead atoms. The fraction of sp³-hybridized carbons (Fsp3) is 0.500.